The van der Waals surface area contributed by atoms with Crippen LogP contribution in [0.1, 0.15) is 18.4 Å². The van der Waals surface area contributed by atoms with Crippen molar-refractivity contribution in [3.05, 3.63) is 29.8 Å². The average Bonchev–Trinajstić information content (AvgIpc) is 2.36. The summed E-state index contributed by atoms with van der Waals surface area (Å²) < 4.78 is 10.1. The summed E-state index contributed by atoms with van der Waals surface area (Å²) in [6, 6.07) is 7.46. The number of hydrogen-bond acceptors (Lipinski definition) is 3. The maximum absolute atomic E-state index is 11.0. The van der Waals surface area contributed by atoms with Gasteiger partial charge in [-0.1, -0.05) is 12.1 Å². The Bertz CT molecular complexity index is 335. The lowest BCUT2D eigenvalue weighted by atomic mass is 10.1. The van der Waals surface area contributed by atoms with E-state index in [0.717, 1.165) is 24.2 Å². The SMILES string of the molecule is COC(=O)Cc1ccc(OCCCCCl)cc1. The lowest BCUT2D eigenvalue weighted by molar-refractivity contribution is -0.139. The molecule has 0 spiro atoms. The molecule has 0 saturated carbocycles. The topological polar surface area (TPSA) is 35.5 Å². The van der Waals surface area contributed by atoms with E-state index in [-0.39, 0.29) is 5.97 Å². The Labute approximate surface area is 107 Å². The number of alkyl halides is 1. The van der Waals surface area contributed by atoms with Crippen LogP contribution in [-0.4, -0.2) is 25.6 Å². The molecule has 1 rings (SSSR count). The molecular weight excluding hydrogens is 240 g/mol. The van der Waals surface area contributed by atoms with Crippen LogP contribution in [-0.2, 0) is 16.0 Å². The highest BCUT2D eigenvalue weighted by atomic mass is 35.5. The molecule has 0 unspecified atom stereocenters. The van der Waals surface area contributed by atoms with E-state index in [1.807, 2.05) is 24.3 Å². The fourth-order valence-corrected chi connectivity index (χ4v) is 1.52. The zero-order valence-electron chi connectivity index (χ0n) is 9.95. The van der Waals surface area contributed by atoms with Gasteiger partial charge in [0.15, 0.2) is 0 Å². The van der Waals surface area contributed by atoms with E-state index in [1.165, 1.54) is 7.11 Å². The minimum Gasteiger partial charge on any atom is -0.494 e. The van der Waals surface area contributed by atoms with Gasteiger partial charge >= 0.3 is 5.97 Å². The molecule has 17 heavy (non-hydrogen) atoms. The van der Waals surface area contributed by atoms with Gasteiger partial charge in [-0.15, -0.1) is 11.6 Å². The number of benzene rings is 1. The molecule has 4 heteroatoms. The third kappa shape index (κ3) is 5.59. The third-order valence-corrected chi connectivity index (χ3v) is 2.56. The van der Waals surface area contributed by atoms with Gasteiger partial charge < -0.3 is 9.47 Å². The summed E-state index contributed by atoms with van der Waals surface area (Å²) in [5.41, 5.74) is 0.921. The minimum atomic E-state index is -0.235. The summed E-state index contributed by atoms with van der Waals surface area (Å²) in [6.07, 6.45) is 2.21. The van der Waals surface area contributed by atoms with Gasteiger partial charge in [-0.3, -0.25) is 4.79 Å². The molecule has 1 aromatic carbocycles. The Morgan fingerprint density at radius 1 is 1.24 bits per heavy atom. The van der Waals surface area contributed by atoms with E-state index >= 15 is 0 Å². The first-order chi connectivity index (χ1) is 8.26. The van der Waals surface area contributed by atoms with Crippen LogP contribution in [0.2, 0.25) is 0 Å². The molecule has 0 bridgehead atoms. The van der Waals surface area contributed by atoms with Crippen LogP contribution >= 0.6 is 11.6 Å². The summed E-state index contributed by atoms with van der Waals surface area (Å²) in [5, 5.41) is 0. The smallest absolute Gasteiger partial charge is 0.309 e. The van der Waals surface area contributed by atoms with Crippen molar-refractivity contribution in [2.45, 2.75) is 19.3 Å². The predicted molar refractivity (Wildman–Crippen MR) is 67.6 cm³/mol. The first-order valence-corrected chi connectivity index (χ1v) is 6.14. The number of carbonyl (C=O) groups is 1. The molecule has 0 N–H and O–H groups in total. The fraction of sp³-hybridized carbons (Fsp3) is 0.462. The Morgan fingerprint density at radius 3 is 2.53 bits per heavy atom. The van der Waals surface area contributed by atoms with Crippen LogP contribution in [0.5, 0.6) is 5.75 Å². The molecule has 0 heterocycles. The average molecular weight is 257 g/mol. The van der Waals surface area contributed by atoms with Crippen LogP contribution in [0.15, 0.2) is 24.3 Å². The van der Waals surface area contributed by atoms with Crippen molar-refractivity contribution in [2.24, 2.45) is 0 Å². The molecule has 94 valence electrons. The fourth-order valence-electron chi connectivity index (χ4n) is 1.33. The standard InChI is InChI=1S/C13H17ClO3/c1-16-13(15)10-11-4-6-12(7-5-11)17-9-3-2-8-14/h4-7H,2-3,8-10H2,1H3. The van der Waals surface area contributed by atoms with Crippen molar-refractivity contribution in [1.29, 1.82) is 0 Å². The largest absolute Gasteiger partial charge is 0.494 e. The summed E-state index contributed by atoms with van der Waals surface area (Å²) in [5.74, 6) is 1.25. The summed E-state index contributed by atoms with van der Waals surface area (Å²) in [4.78, 5) is 11.0. The van der Waals surface area contributed by atoms with E-state index < -0.39 is 0 Å². The van der Waals surface area contributed by atoms with Crippen molar-refractivity contribution in [3.63, 3.8) is 0 Å². The molecule has 0 fully saturated rings. The number of esters is 1. The van der Waals surface area contributed by atoms with Crippen LogP contribution in [0, 0.1) is 0 Å². The quantitative estimate of drug-likeness (QED) is 0.428. The molecule has 1 aromatic rings. The van der Waals surface area contributed by atoms with Crippen LogP contribution < -0.4 is 4.74 Å². The number of hydrogen-bond donors (Lipinski definition) is 0. The third-order valence-electron chi connectivity index (χ3n) is 2.30. The van der Waals surface area contributed by atoms with E-state index in [1.54, 1.807) is 0 Å². The molecule has 3 nitrogen and oxygen atoms in total. The van der Waals surface area contributed by atoms with E-state index in [9.17, 15) is 4.79 Å². The van der Waals surface area contributed by atoms with Crippen molar-refractivity contribution < 1.29 is 14.3 Å². The maximum atomic E-state index is 11.0. The number of halogens is 1. The molecule has 0 saturated heterocycles. The predicted octanol–water partition coefficient (Wildman–Crippen LogP) is 2.80. The van der Waals surface area contributed by atoms with Crippen molar-refractivity contribution in [1.82, 2.24) is 0 Å². The lowest BCUT2D eigenvalue weighted by Gasteiger charge is -2.06. The summed E-state index contributed by atoms with van der Waals surface area (Å²) in [7, 11) is 1.39. The van der Waals surface area contributed by atoms with E-state index in [0.29, 0.717) is 18.9 Å². The van der Waals surface area contributed by atoms with Crippen molar-refractivity contribution >= 4 is 17.6 Å². The van der Waals surface area contributed by atoms with E-state index in [4.69, 9.17) is 16.3 Å². The van der Waals surface area contributed by atoms with Crippen LogP contribution in [0.25, 0.3) is 0 Å². The summed E-state index contributed by atoms with van der Waals surface area (Å²) >= 11 is 5.57. The second-order valence-electron chi connectivity index (χ2n) is 3.64. The maximum Gasteiger partial charge on any atom is 0.309 e. The van der Waals surface area contributed by atoms with Gasteiger partial charge in [0.25, 0.3) is 0 Å². The van der Waals surface area contributed by atoms with Gasteiger partial charge in [0.1, 0.15) is 5.75 Å². The molecule has 0 atom stereocenters. The van der Waals surface area contributed by atoms with Crippen molar-refractivity contribution in [3.8, 4) is 5.75 Å². The number of carbonyl (C=O) groups excluding carboxylic acids is 1. The van der Waals surface area contributed by atoms with Gasteiger partial charge in [-0.25, -0.2) is 0 Å². The molecule has 0 aliphatic carbocycles. The minimum absolute atomic E-state index is 0.235. The van der Waals surface area contributed by atoms with Gasteiger partial charge in [0.05, 0.1) is 20.1 Å². The Kier molecular flexibility index (Phi) is 6.48. The Hall–Kier alpha value is -1.22. The van der Waals surface area contributed by atoms with Gasteiger partial charge in [0, 0.05) is 5.88 Å². The highest BCUT2D eigenvalue weighted by molar-refractivity contribution is 6.17. The van der Waals surface area contributed by atoms with Gasteiger partial charge in [0.2, 0.25) is 0 Å². The monoisotopic (exact) mass is 256 g/mol. The molecule has 0 radical (unpaired) electrons. The Morgan fingerprint density at radius 2 is 1.94 bits per heavy atom. The number of unbranched alkanes of at least 4 members (excludes halogenated alkanes) is 1. The first kappa shape index (κ1) is 13.8. The molecular formula is C13H17ClO3. The van der Waals surface area contributed by atoms with Crippen LogP contribution in [0.3, 0.4) is 0 Å². The summed E-state index contributed by atoms with van der Waals surface area (Å²) in [6.45, 7) is 0.670. The van der Waals surface area contributed by atoms with Gasteiger partial charge in [-0.05, 0) is 30.5 Å². The zero-order chi connectivity index (χ0) is 12.5. The number of ether oxygens (including phenoxy) is 2. The zero-order valence-corrected chi connectivity index (χ0v) is 10.7. The second-order valence-corrected chi connectivity index (χ2v) is 4.02. The highest BCUT2D eigenvalue weighted by Crippen LogP contribution is 2.13. The number of methoxy groups -OCH3 is 1. The first-order valence-electron chi connectivity index (χ1n) is 5.61. The molecule has 0 aliphatic heterocycles. The molecule has 0 aliphatic rings. The highest BCUT2D eigenvalue weighted by Gasteiger charge is 2.02. The lowest BCUT2D eigenvalue weighted by Crippen LogP contribution is -2.04. The molecule has 0 amide bonds. The van der Waals surface area contributed by atoms with Gasteiger partial charge in [-0.2, -0.15) is 0 Å². The van der Waals surface area contributed by atoms with Crippen molar-refractivity contribution in [2.75, 3.05) is 19.6 Å². The second kappa shape index (κ2) is 7.96. The van der Waals surface area contributed by atoms with E-state index in [2.05, 4.69) is 4.74 Å². The van der Waals surface area contributed by atoms with Crippen LogP contribution in [0.4, 0.5) is 0 Å². The normalized spacial score (nSPS) is 10.0. The molecule has 0 aromatic heterocycles. The Balaban J connectivity index is 2.36. The number of rotatable bonds is 7.